The normalized spacial score (nSPS) is 21.9. The van der Waals surface area contributed by atoms with Crippen LogP contribution in [0, 0.1) is 5.82 Å². The van der Waals surface area contributed by atoms with E-state index in [0.29, 0.717) is 17.5 Å². The summed E-state index contributed by atoms with van der Waals surface area (Å²) in [5.41, 5.74) is 0.898. The van der Waals surface area contributed by atoms with Crippen LogP contribution in [0.15, 0.2) is 22.7 Å². The first-order valence-electron chi connectivity index (χ1n) is 7.06. The SMILES string of the molecule is CCCN1CCOC(C(O)Cc2ccc(F)cc2Br)C1. The van der Waals surface area contributed by atoms with Crippen molar-refractivity contribution >= 4 is 15.9 Å². The van der Waals surface area contributed by atoms with Crippen LogP contribution in [0.2, 0.25) is 0 Å². The fraction of sp³-hybridized carbons (Fsp3) is 0.600. The van der Waals surface area contributed by atoms with Crippen LogP contribution >= 0.6 is 15.9 Å². The van der Waals surface area contributed by atoms with Gasteiger partial charge in [0.05, 0.1) is 18.8 Å². The highest BCUT2D eigenvalue weighted by Crippen LogP contribution is 2.21. The van der Waals surface area contributed by atoms with E-state index in [1.165, 1.54) is 12.1 Å². The predicted octanol–water partition coefficient (Wildman–Crippen LogP) is 2.60. The molecule has 20 heavy (non-hydrogen) atoms. The number of hydrogen-bond donors (Lipinski definition) is 1. The van der Waals surface area contributed by atoms with Crippen LogP contribution in [0.4, 0.5) is 4.39 Å². The minimum absolute atomic E-state index is 0.174. The largest absolute Gasteiger partial charge is 0.390 e. The number of halogens is 2. The van der Waals surface area contributed by atoms with Gasteiger partial charge in [-0.05, 0) is 30.7 Å². The molecule has 1 fully saturated rings. The second-order valence-electron chi connectivity index (χ2n) is 5.22. The summed E-state index contributed by atoms with van der Waals surface area (Å²) in [6.45, 7) is 5.53. The van der Waals surface area contributed by atoms with Gasteiger partial charge in [0.25, 0.3) is 0 Å². The van der Waals surface area contributed by atoms with Gasteiger partial charge in [0.15, 0.2) is 0 Å². The number of nitrogens with zero attached hydrogens (tertiary/aromatic N) is 1. The summed E-state index contributed by atoms with van der Waals surface area (Å²) in [4.78, 5) is 2.32. The van der Waals surface area contributed by atoms with Crippen molar-refractivity contribution < 1.29 is 14.2 Å². The summed E-state index contributed by atoms with van der Waals surface area (Å²) >= 11 is 3.33. The topological polar surface area (TPSA) is 32.7 Å². The lowest BCUT2D eigenvalue weighted by molar-refractivity contribution is -0.0877. The van der Waals surface area contributed by atoms with Gasteiger partial charge in [-0.2, -0.15) is 0 Å². The first kappa shape index (κ1) is 15.9. The first-order valence-corrected chi connectivity index (χ1v) is 7.85. The molecule has 1 aliphatic rings. The lowest BCUT2D eigenvalue weighted by atomic mass is 10.0. The number of morpholine rings is 1. The first-order chi connectivity index (χ1) is 9.60. The van der Waals surface area contributed by atoms with E-state index in [0.717, 1.165) is 31.6 Å². The highest BCUT2D eigenvalue weighted by atomic mass is 79.9. The number of aliphatic hydroxyl groups excluding tert-OH is 1. The Balaban J connectivity index is 1.95. The Hall–Kier alpha value is -0.490. The van der Waals surface area contributed by atoms with Crippen LogP contribution in [-0.2, 0) is 11.2 Å². The minimum Gasteiger partial charge on any atom is -0.390 e. The maximum atomic E-state index is 13.1. The Morgan fingerprint density at radius 3 is 3.05 bits per heavy atom. The summed E-state index contributed by atoms with van der Waals surface area (Å²) in [5.74, 6) is -0.279. The zero-order chi connectivity index (χ0) is 14.5. The highest BCUT2D eigenvalue weighted by molar-refractivity contribution is 9.10. The van der Waals surface area contributed by atoms with Crippen molar-refractivity contribution in [1.29, 1.82) is 0 Å². The lowest BCUT2D eigenvalue weighted by Gasteiger charge is -2.35. The molecule has 1 aliphatic heterocycles. The molecule has 1 aromatic rings. The van der Waals surface area contributed by atoms with Crippen LogP contribution in [0.3, 0.4) is 0 Å². The molecule has 1 heterocycles. The Morgan fingerprint density at radius 1 is 1.55 bits per heavy atom. The van der Waals surface area contributed by atoms with Crippen molar-refractivity contribution in [2.24, 2.45) is 0 Å². The number of aliphatic hydroxyl groups is 1. The number of hydrogen-bond acceptors (Lipinski definition) is 3. The standard InChI is InChI=1S/C15H21BrFNO2/c1-2-5-18-6-7-20-15(10-18)14(19)8-11-3-4-12(17)9-13(11)16/h3-4,9,14-15,19H,2,5-8,10H2,1H3. The van der Waals surface area contributed by atoms with Crippen LogP contribution in [0.1, 0.15) is 18.9 Å². The Kier molecular flexibility index (Phi) is 5.96. The second-order valence-corrected chi connectivity index (χ2v) is 6.07. The van der Waals surface area contributed by atoms with Crippen molar-refractivity contribution in [2.75, 3.05) is 26.2 Å². The Bertz CT molecular complexity index is 442. The van der Waals surface area contributed by atoms with E-state index in [1.54, 1.807) is 6.07 Å². The summed E-state index contributed by atoms with van der Waals surface area (Å²) in [5, 5.41) is 10.3. The second kappa shape index (κ2) is 7.50. The Morgan fingerprint density at radius 2 is 2.35 bits per heavy atom. The van der Waals surface area contributed by atoms with Crippen molar-refractivity contribution in [2.45, 2.75) is 32.0 Å². The molecule has 5 heteroatoms. The van der Waals surface area contributed by atoms with E-state index in [4.69, 9.17) is 4.74 Å². The number of benzene rings is 1. The van der Waals surface area contributed by atoms with Gasteiger partial charge in [-0.1, -0.05) is 28.9 Å². The van der Waals surface area contributed by atoms with Gasteiger partial charge in [-0.3, -0.25) is 4.90 Å². The van der Waals surface area contributed by atoms with Crippen molar-refractivity contribution in [3.8, 4) is 0 Å². The van der Waals surface area contributed by atoms with Crippen molar-refractivity contribution in [3.63, 3.8) is 0 Å². The van der Waals surface area contributed by atoms with Crippen LogP contribution < -0.4 is 0 Å². The fourth-order valence-corrected chi connectivity index (χ4v) is 3.04. The third-order valence-electron chi connectivity index (χ3n) is 3.59. The zero-order valence-electron chi connectivity index (χ0n) is 11.7. The molecule has 3 nitrogen and oxygen atoms in total. The molecule has 0 amide bonds. The van der Waals surface area contributed by atoms with Gasteiger partial charge in [0.2, 0.25) is 0 Å². The summed E-state index contributed by atoms with van der Waals surface area (Å²) in [7, 11) is 0. The van der Waals surface area contributed by atoms with Gasteiger partial charge in [-0.15, -0.1) is 0 Å². The average molecular weight is 346 g/mol. The molecule has 1 N–H and O–H groups in total. The van der Waals surface area contributed by atoms with Crippen LogP contribution in [0.5, 0.6) is 0 Å². The van der Waals surface area contributed by atoms with Crippen LogP contribution in [-0.4, -0.2) is 48.5 Å². The molecule has 0 saturated carbocycles. The third-order valence-corrected chi connectivity index (χ3v) is 4.33. The van der Waals surface area contributed by atoms with E-state index in [1.807, 2.05) is 0 Å². The molecule has 112 valence electrons. The molecule has 1 saturated heterocycles. The number of ether oxygens (including phenoxy) is 1. The molecule has 2 rings (SSSR count). The molecular weight excluding hydrogens is 325 g/mol. The molecule has 0 radical (unpaired) electrons. The van der Waals surface area contributed by atoms with E-state index < -0.39 is 6.10 Å². The molecule has 0 bridgehead atoms. The van der Waals surface area contributed by atoms with Gasteiger partial charge >= 0.3 is 0 Å². The molecule has 2 unspecified atom stereocenters. The number of rotatable bonds is 5. The maximum absolute atomic E-state index is 13.1. The fourth-order valence-electron chi connectivity index (χ4n) is 2.53. The van der Waals surface area contributed by atoms with Crippen molar-refractivity contribution in [3.05, 3.63) is 34.1 Å². The van der Waals surface area contributed by atoms with Gasteiger partial charge in [0.1, 0.15) is 5.82 Å². The van der Waals surface area contributed by atoms with E-state index in [-0.39, 0.29) is 11.9 Å². The van der Waals surface area contributed by atoms with Gasteiger partial charge in [0, 0.05) is 24.0 Å². The smallest absolute Gasteiger partial charge is 0.124 e. The Labute approximate surface area is 127 Å². The summed E-state index contributed by atoms with van der Waals surface area (Å²) in [6, 6.07) is 4.54. The highest BCUT2D eigenvalue weighted by Gasteiger charge is 2.27. The lowest BCUT2D eigenvalue weighted by Crippen LogP contribution is -2.48. The zero-order valence-corrected chi connectivity index (χ0v) is 13.3. The molecule has 0 spiro atoms. The summed E-state index contributed by atoms with van der Waals surface area (Å²) in [6.07, 6.45) is 0.821. The molecule has 1 aromatic carbocycles. The van der Waals surface area contributed by atoms with Gasteiger partial charge in [-0.25, -0.2) is 4.39 Å². The third kappa shape index (κ3) is 4.25. The maximum Gasteiger partial charge on any atom is 0.124 e. The molecular formula is C15H21BrFNO2. The van der Waals surface area contributed by atoms with E-state index >= 15 is 0 Å². The molecule has 0 aliphatic carbocycles. The molecule has 2 atom stereocenters. The summed E-state index contributed by atoms with van der Waals surface area (Å²) < 4.78 is 19.4. The van der Waals surface area contributed by atoms with Crippen LogP contribution in [0.25, 0.3) is 0 Å². The van der Waals surface area contributed by atoms with Crippen molar-refractivity contribution in [1.82, 2.24) is 4.90 Å². The van der Waals surface area contributed by atoms with E-state index in [9.17, 15) is 9.50 Å². The average Bonchev–Trinajstić information content (AvgIpc) is 2.42. The minimum atomic E-state index is -0.573. The van der Waals surface area contributed by atoms with Gasteiger partial charge < -0.3 is 9.84 Å². The monoisotopic (exact) mass is 345 g/mol. The quantitative estimate of drug-likeness (QED) is 0.890. The van der Waals surface area contributed by atoms with E-state index in [2.05, 4.69) is 27.8 Å². The predicted molar refractivity (Wildman–Crippen MR) is 80.3 cm³/mol. The molecule has 0 aromatic heterocycles.